The van der Waals surface area contributed by atoms with Crippen molar-refractivity contribution in [2.45, 2.75) is 12.6 Å². The zero-order valence-electron chi connectivity index (χ0n) is 11.1. The fraction of sp³-hybridized carbons (Fsp3) is 0.462. The summed E-state index contributed by atoms with van der Waals surface area (Å²) in [6, 6.07) is 2.87. The van der Waals surface area contributed by atoms with E-state index >= 15 is 0 Å². The number of amides is 1. The number of aromatic nitrogens is 1. The van der Waals surface area contributed by atoms with Crippen LogP contribution in [0.2, 0.25) is 0 Å². The summed E-state index contributed by atoms with van der Waals surface area (Å²) in [7, 11) is 1.79. The molecule has 0 spiro atoms. The Morgan fingerprint density at radius 1 is 1.50 bits per heavy atom. The van der Waals surface area contributed by atoms with E-state index in [9.17, 15) is 9.59 Å². The lowest BCUT2D eigenvalue weighted by atomic mass is 10.0. The monoisotopic (exact) mass is 279 g/mol. The van der Waals surface area contributed by atoms with Crippen LogP contribution in [-0.2, 0) is 16.1 Å². The summed E-state index contributed by atoms with van der Waals surface area (Å²) in [6.45, 7) is 1.11. The van der Waals surface area contributed by atoms with Gasteiger partial charge in [0.15, 0.2) is 0 Å². The number of nitrogens with zero attached hydrogens (tertiary/aromatic N) is 1. The Hall–Kier alpha value is -1.99. The minimum atomic E-state index is -1.01. The molecule has 20 heavy (non-hydrogen) atoms. The fourth-order valence-corrected chi connectivity index (χ4v) is 2.11. The standard InChI is InChI=1S/C13H17N3O4/c1-14-11-7-20-6-10(11)12(17)16-5-9-4-8(13(18)19)2-3-15-9/h2-4,10-11,14H,5-7H2,1H3,(H,16,17)(H,18,19). The van der Waals surface area contributed by atoms with Crippen molar-refractivity contribution < 1.29 is 19.4 Å². The van der Waals surface area contributed by atoms with Gasteiger partial charge in [-0.2, -0.15) is 0 Å². The summed E-state index contributed by atoms with van der Waals surface area (Å²) in [5.41, 5.74) is 0.666. The zero-order chi connectivity index (χ0) is 14.5. The number of hydrogen-bond donors (Lipinski definition) is 3. The van der Waals surface area contributed by atoms with E-state index in [1.165, 1.54) is 18.3 Å². The molecule has 108 valence electrons. The molecule has 1 aromatic heterocycles. The van der Waals surface area contributed by atoms with Crippen molar-refractivity contribution in [3.05, 3.63) is 29.6 Å². The maximum Gasteiger partial charge on any atom is 0.335 e. The quantitative estimate of drug-likeness (QED) is 0.680. The predicted molar refractivity (Wildman–Crippen MR) is 70.2 cm³/mol. The van der Waals surface area contributed by atoms with Crippen molar-refractivity contribution in [1.82, 2.24) is 15.6 Å². The highest BCUT2D eigenvalue weighted by Gasteiger charge is 2.32. The number of hydrogen-bond acceptors (Lipinski definition) is 5. The number of ether oxygens (including phenoxy) is 1. The Labute approximate surface area is 116 Å². The summed E-state index contributed by atoms with van der Waals surface area (Å²) in [4.78, 5) is 26.9. The van der Waals surface area contributed by atoms with Crippen LogP contribution >= 0.6 is 0 Å². The molecule has 2 atom stereocenters. The van der Waals surface area contributed by atoms with Crippen LogP contribution in [0.5, 0.6) is 0 Å². The van der Waals surface area contributed by atoms with Crippen LogP contribution in [0.4, 0.5) is 0 Å². The van der Waals surface area contributed by atoms with Gasteiger partial charge in [0.1, 0.15) is 0 Å². The van der Waals surface area contributed by atoms with Gasteiger partial charge in [-0.15, -0.1) is 0 Å². The second-order valence-electron chi connectivity index (χ2n) is 4.60. The average Bonchev–Trinajstić information content (AvgIpc) is 2.93. The van der Waals surface area contributed by atoms with Crippen molar-refractivity contribution in [3.63, 3.8) is 0 Å². The van der Waals surface area contributed by atoms with Gasteiger partial charge < -0.3 is 20.5 Å². The van der Waals surface area contributed by atoms with Gasteiger partial charge in [-0.3, -0.25) is 9.78 Å². The average molecular weight is 279 g/mol. The normalized spacial score (nSPS) is 21.6. The SMILES string of the molecule is CNC1COCC1C(=O)NCc1cc(C(=O)O)ccn1. The van der Waals surface area contributed by atoms with Crippen molar-refractivity contribution in [2.75, 3.05) is 20.3 Å². The molecule has 1 fully saturated rings. The molecule has 1 saturated heterocycles. The second-order valence-corrected chi connectivity index (χ2v) is 4.60. The number of rotatable bonds is 5. The van der Waals surface area contributed by atoms with Crippen LogP contribution in [0, 0.1) is 5.92 Å². The maximum absolute atomic E-state index is 12.0. The van der Waals surface area contributed by atoms with Gasteiger partial charge in [0, 0.05) is 12.2 Å². The first-order valence-electron chi connectivity index (χ1n) is 6.32. The second kappa shape index (κ2) is 6.44. The lowest BCUT2D eigenvalue weighted by molar-refractivity contribution is -0.125. The molecule has 0 aromatic carbocycles. The molecule has 2 heterocycles. The molecule has 1 aromatic rings. The molecule has 1 aliphatic rings. The minimum Gasteiger partial charge on any atom is -0.478 e. The highest BCUT2D eigenvalue weighted by Crippen LogP contribution is 2.13. The summed E-state index contributed by atoms with van der Waals surface area (Å²) < 4.78 is 5.27. The molecular weight excluding hydrogens is 262 g/mol. The Kier molecular flexibility index (Phi) is 4.65. The number of aromatic carboxylic acids is 1. The van der Waals surface area contributed by atoms with E-state index in [0.717, 1.165) is 0 Å². The number of nitrogens with one attached hydrogen (secondary N) is 2. The molecule has 1 aliphatic heterocycles. The molecule has 2 rings (SSSR count). The van der Waals surface area contributed by atoms with Gasteiger partial charge >= 0.3 is 5.97 Å². The van der Waals surface area contributed by atoms with E-state index in [2.05, 4.69) is 15.6 Å². The predicted octanol–water partition coefficient (Wildman–Crippen LogP) is -0.370. The van der Waals surface area contributed by atoms with E-state index in [1.54, 1.807) is 7.05 Å². The van der Waals surface area contributed by atoms with Crippen molar-refractivity contribution in [1.29, 1.82) is 0 Å². The summed E-state index contributed by atoms with van der Waals surface area (Å²) in [5.74, 6) is -1.37. The molecule has 3 N–H and O–H groups in total. The Bertz CT molecular complexity index is 506. The Morgan fingerprint density at radius 2 is 2.30 bits per heavy atom. The first-order valence-corrected chi connectivity index (χ1v) is 6.32. The topological polar surface area (TPSA) is 101 Å². The van der Waals surface area contributed by atoms with Gasteiger partial charge in [0.2, 0.25) is 5.91 Å². The van der Waals surface area contributed by atoms with Crippen LogP contribution in [-0.4, -0.2) is 48.3 Å². The van der Waals surface area contributed by atoms with Crippen LogP contribution in [0.3, 0.4) is 0 Å². The molecule has 0 saturated carbocycles. The van der Waals surface area contributed by atoms with E-state index in [1.807, 2.05) is 0 Å². The third kappa shape index (κ3) is 3.31. The summed E-state index contributed by atoms with van der Waals surface area (Å²) >= 11 is 0. The van der Waals surface area contributed by atoms with E-state index < -0.39 is 5.97 Å². The number of carbonyl (C=O) groups is 2. The van der Waals surface area contributed by atoms with Crippen LogP contribution in [0.1, 0.15) is 16.1 Å². The Morgan fingerprint density at radius 3 is 3.00 bits per heavy atom. The molecule has 0 radical (unpaired) electrons. The molecule has 0 bridgehead atoms. The molecule has 7 heteroatoms. The van der Waals surface area contributed by atoms with Crippen molar-refractivity contribution in [2.24, 2.45) is 5.92 Å². The third-order valence-electron chi connectivity index (χ3n) is 3.30. The van der Waals surface area contributed by atoms with Gasteiger partial charge in [0.25, 0.3) is 0 Å². The van der Waals surface area contributed by atoms with E-state index in [4.69, 9.17) is 9.84 Å². The number of pyridine rings is 1. The first-order chi connectivity index (χ1) is 9.61. The van der Waals surface area contributed by atoms with Crippen LogP contribution < -0.4 is 10.6 Å². The Balaban J connectivity index is 1.93. The van der Waals surface area contributed by atoms with Gasteiger partial charge in [-0.1, -0.05) is 0 Å². The van der Waals surface area contributed by atoms with E-state index in [0.29, 0.717) is 18.9 Å². The van der Waals surface area contributed by atoms with Crippen LogP contribution in [0.25, 0.3) is 0 Å². The summed E-state index contributed by atoms with van der Waals surface area (Å²) in [6.07, 6.45) is 1.42. The number of carboxylic acids is 1. The van der Waals surface area contributed by atoms with Crippen LogP contribution in [0.15, 0.2) is 18.3 Å². The third-order valence-corrected chi connectivity index (χ3v) is 3.30. The van der Waals surface area contributed by atoms with Crippen molar-refractivity contribution in [3.8, 4) is 0 Å². The number of carboxylic acid groups (broad SMARTS) is 1. The lowest BCUT2D eigenvalue weighted by Crippen LogP contribution is -2.42. The number of carbonyl (C=O) groups excluding carboxylic acids is 1. The largest absolute Gasteiger partial charge is 0.478 e. The minimum absolute atomic E-state index is 0.00770. The number of likely N-dealkylation sites (N-methyl/N-ethyl adjacent to an activating group) is 1. The molecule has 0 aliphatic carbocycles. The summed E-state index contributed by atoms with van der Waals surface area (Å²) in [5, 5.41) is 14.7. The van der Waals surface area contributed by atoms with Crippen molar-refractivity contribution >= 4 is 11.9 Å². The fourth-order valence-electron chi connectivity index (χ4n) is 2.11. The molecule has 2 unspecified atom stereocenters. The molecule has 1 amide bonds. The molecule has 7 nitrogen and oxygen atoms in total. The van der Waals surface area contributed by atoms with Gasteiger partial charge in [-0.25, -0.2) is 4.79 Å². The lowest BCUT2D eigenvalue weighted by Gasteiger charge is -2.16. The first kappa shape index (κ1) is 14.4. The zero-order valence-corrected chi connectivity index (χ0v) is 11.1. The van der Waals surface area contributed by atoms with Gasteiger partial charge in [0.05, 0.1) is 36.9 Å². The highest BCUT2D eigenvalue weighted by molar-refractivity contribution is 5.87. The van der Waals surface area contributed by atoms with Gasteiger partial charge in [-0.05, 0) is 19.2 Å². The molecular formula is C13H17N3O4. The van der Waals surface area contributed by atoms with E-state index in [-0.39, 0.29) is 30.0 Å². The maximum atomic E-state index is 12.0. The smallest absolute Gasteiger partial charge is 0.335 e. The highest BCUT2D eigenvalue weighted by atomic mass is 16.5.